The van der Waals surface area contributed by atoms with Crippen LogP contribution in [-0.4, -0.2) is 38.7 Å². The fourth-order valence-corrected chi connectivity index (χ4v) is 2.98. The van der Waals surface area contributed by atoms with Crippen molar-refractivity contribution in [2.24, 2.45) is 4.99 Å². The molecule has 3 rings (SSSR count). The predicted molar refractivity (Wildman–Crippen MR) is 132 cm³/mol. The molecular formula is C21H26ClIN4O3. The quantitative estimate of drug-likeness (QED) is 0.294. The van der Waals surface area contributed by atoms with Crippen LogP contribution in [-0.2, 0) is 4.79 Å². The number of carbonyl (C=O) groups is 1. The molecule has 0 saturated heterocycles. The van der Waals surface area contributed by atoms with Gasteiger partial charge in [-0.25, -0.2) is 0 Å². The Labute approximate surface area is 198 Å². The number of nitrogens with zero attached hydrogens (tertiary/aromatic N) is 1. The van der Waals surface area contributed by atoms with E-state index in [1.807, 2.05) is 37.3 Å². The number of rotatable bonds is 5. The van der Waals surface area contributed by atoms with Crippen LogP contribution >= 0.6 is 35.6 Å². The van der Waals surface area contributed by atoms with Crippen molar-refractivity contribution >= 4 is 58.8 Å². The number of nitrogens with one attached hydrogen (secondary N) is 3. The van der Waals surface area contributed by atoms with Gasteiger partial charge in [0, 0.05) is 48.9 Å². The lowest BCUT2D eigenvalue weighted by Gasteiger charge is -2.14. The van der Waals surface area contributed by atoms with Crippen molar-refractivity contribution in [2.45, 2.75) is 19.8 Å². The molecule has 7 nitrogen and oxygen atoms in total. The van der Waals surface area contributed by atoms with Gasteiger partial charge in [0.15, 0.2) is 17.5 Å². The molecule has 0 aliphatic carbocycles. The third-order valence-electron chi connectivity index (χ3n) is 4.42. The molecule has 0 fully saturated rings. The minimum atomic E-state index is -0.103. The van der Waals surface area contributed by atoms with Crippen molar-refractivity contribution in [1.29, 1.82) is 0 Å². The normalized spacial score (nSPS) is 13.0. The summed E-state index contributed by atoms with van der Waals surface area (Å²) in [4.78, 5) is 16.4. The molecule has 2 aromatic carbocycles. The van der Waals surface area contributed by atoms with Crippen LogP contribution in [0.1, 0.15) is 18.4 Å². The van der Waals surface area contributed by atoms with E-state index >= 15 is 0 Å². The van der Waals surface area contributed by atoms with E-state index in [9.17, 15) is 4.79 Å². The largest absolute Gasteiger partial charge is 0.490 e. The third kappa shape index (κ3) is 6.66. The summed E-state index contributed by atoms with van der Waals surface area (Å²) in [6, 6.07) is 11.1. The minimum absolute atomic E-state index is 0. The molecule has 30 heavy (non-hydrogen) atoms. The molecule has 162 valence electrons. The molecule has 0 unspecified atom stereocenters. The first kappa shape index (κ1) is 24.1. The second kappa shape index (κ2) is 11.8. The Kier molecular flexibility index (Phi) is 9.51. The Morgan fingerprint density at radius 1 is 1.13 bits per heavy atom. The summed E-state index contributed by atoms with van der Waals surface area (Å²) < 4.78 is 11.3. The zero-order valence-corrected chi connectivity index (χ0v) is 20.0. The van der Waals surface area contributed by atoms with E-state index in [1.165, 1.54) is 0 Å². The summed E-state index contributed by atoms with van der Waals surface area (Å²) >= 11 is 6.09. The summed E-state index contributed by atoms with van der Waals surface area (Å²) in [6.45, 7) is 3.58. The molecular weight excluding hydrogens is 519 g/mol. The van der Waals surface area contributed by atoms with Crippen molar-refractivity contribution in [2.75, 3.05) is 37.4 Å². The molecule has 2 aromatic rings. The van der Waals surface area contributed by atoms with E-state index in [4.69, 9.17) is 21.1 Å². The highest BCUT2D eigenvalue weighted by Crippen LogP contribution is 2.32. The van der Waals surface area contributed by atoms with E-state index in [1.54, 1.807) is 13.1 Å². The topological polar surface area (TPSA) is 84.0 Å². The summed E-state index contributed by atoms with van der Waals surface area (Å²) in [5, 5.41) is 9.83. The third-order valence-corrected chi connectivity index (χ3v) is 4.83. The van der Waals surface area contributed by atoms with Gasteiger partial charge >= 0.3 is 0 Å². The Morgan fingerprint density at radius 2 is 1.90 bits per heavy atom. The maximum absolute atomic E-state index is 12.2. The van der Waals surface area contributed by atoms with Crippen LogP contribution in [0.5, 0.6) is 11.5 Å². The second-order valence-electron chi connectivity index (χ2n) is 6.55. The van der Waals surface area contributed by atoms with Gasteiger partial charge in [-0.05, 0) is 36.8 Å². The van der Waals surface area contributed by atoms with Crippen LogP contribution in [0.15, 0.2) is 41.4 Å². The van der Waals surface area contributed by atoms with Crippen molar-refractivity contribution in [3.05, 3.63) is 47.0 Å². The Balaban J connectivity index is 0.00000320. The number of halogens is 2. The number of anilines is 2. The average Bonchev–Trinajstić information content (AvgIpc) is 2.95. The van der Waals surface area contributed by atoms with E-state index in [0.29, 0.717) is 36.5 Å². The van der Waals surface area contributed by atoms with Gasteiger partial charge in [0.1, 0.15) is 0 Å². The van der Waals surface area contributed by atoms with Crippen LogP contribution in [0.2, 0.25) is 5.02 Å². The van der Waals surface area contributed by atoms with Crippen LogP contribution in [0.3, 0.4) is 0 Å². The van der Waals surface area contributed by atoms with E-state index in [0.717, 1.165) is 29.1 Å². The number of carbonyl (C=O) groups excluding carboxylic acids is 1. The highest BCUT2D eigenvalue weighted by atomic mass is 127. The molecule has 0 saturated carbocycles. The summed E-state index contributed by atoms with van der Waals surface area (Å²) in [7, 11) is 1.67. The Morgan fingerprint density at radius 3 is 2.67 bits per heavy atom. The molecule has 3 N–H and O–H groups in total. The predicted octanol–water partition coefficient (Wildman–Crippen LogP) is 4.44. The maximum Gasteiger partial charge on any atom is 0.226 e. The number of ether oxygens (including phenoxy) is 2. The van der Waals surface area contributed by atoms with Crippen molar-refractivity contribution in [3.63, 3.8) is 0 Å². The van der Waals surface area contributed by atoms with Gasteiger partial charge in [-0.15, -0.1) is 24.0 Å². The average molecular weight is 545 g/mol. The first-order valence-electron chi connectivity index (χ1n) is 9.49. The van der Waals surface area contributed by atoms with Crippen molar-refractivity contribution < 1.29 is 14.3 Å². The number of amides is 1. The first-order chi connectivity index (χ1) is 14.1. The zero-order valence-electron chi connectivity index (χ0n) is 17.0. The Bertz CT molecular complexity index is 908. The summed E-state index contributed by atoms with van der Waals surface area (Å²) in [5.41, 5.74) is 2.39. The smallest absolute Gasteiger partial charge is 0.226 e. The number of aliphatic imine (C=N–C) groups is 1. The fourth-order valence-electron chi connectivity index (χ4n) is 2.81. The highest BCUT2D eigenvalue weighted by Gasteiger charge is 2.12. The highest BCUT2D eigenvalue weighted by molar-refractivity contribution is 14.0. The molecule has 1 heterocycles. The lowest BCUT2D eigenvalue weighted by atomic mass is 10.2. The number of hydrogen-bond acceptors (Lipinski definition) is 4. The zero-order chi connectivity index (χ0) is 20.6. The second-order valence-corrected chi connectivity index (χ2v) is 6.95. The van der Waals surface area contributed by atoms with E-state index < -0.39 is 0 Å². The molecule has 1 amide bonds. The lowest BCUT2D eigenvalue weighted by molar-refractivity contribution is -0.116. The van der Waals surface area contributed by atoms with Gasteiger partial charge in [-0.3, -0.25) is 9.79 Å². The van der Waals surface area contributed by atoms with Gasteiger partial charge in [0.2, 0.25) is 5.91 Å². The number of hydrogen-bond donors (Lipinski definition) is 3. The van der Waals surface area contributed by atoms with E-state index in [2.05, 4.69) is 20.9 Å². The van der Waals surface area contributed by atoms with Crippen LogP contribution in [0.4, 0.5) is 11.4 Å². The fraction of sp³-hybridized carbons (Fsp3) is 0.333. The van der Waals surface area contributed by atoms with Crippen molar-refractivity contribution in [1.82, 2.24) is 5.32 Å². The molecule has 9 heteroatoms. The monoisotopic (exact) mass is 544 g/mol. The SMILES string of the molecule is CN=C(NCCC(=O)Nc1cccc(Cl)c1C)Nc1ccc2c(c1)OCCCO2.I. The molecule has 0 bridgehead atoms. The van der Waals surface area contributed by atoms with Gasteiger partial charge in [-0.1, -0.05) is 17.7 Å². The molecule has 0 spiro atoms. The number of benzene rings is 2. The molecule has 1 aliphatic rings. The van der Waals surface area contributed by atoms with Gasteiger partial charge in [0.05, 0.1) is 13.2 Å². The van der Waals surface area contributed by atoms with Gasteiger partial charge < -0.3 is 25.4 Å². The molecule has 0 aromatic heterocycles. The van der Waals surface area contributed by atoms with Crippen LogP contribution in [0.25, 0.3) is 0 Å². The molecule has 0 atom stereocenters. The van der Waals surface area contributed by atoms with Crippen molar-refractivity contribution in [3.8, 4) is 11.5 Å². The van der Waals surface area contributed by atoms with Gasteiger partial charge in [0.25, 0.3) is 0 Å². The van der Waals surface area contributed by atoms with Crippen LogP contribution in [0, 0.1) is 6.92 Å². The first-order valence-corrected chi connectivity index (χ1v) is 9.87. The number of guanidine groups is 1. The standard InChI is InChI=1S/C21H25ClN4O3.HI/c1-14-16(22)5-3-6-17(14)26-20(27)9-10-24-21(23-2)25-15-7-8-18-19(13-15)29-12-4-11-28-18;/h3,5-8,13H,4,9-12H2,1-2H3,(H,26,27)(H2,23,24,25);1H. The number of fused-ring (bicyclic) bond motifs is 1. The summed E-state index contributed by atoms with van der Waals surface area (Å²) in [5.74, 6) is 1.91. The Hall–Kier alpha value is -2.20. The molecule has 0 radical (unpaired) electrons. The van der Waals surface area contributed by atoms with Crippen LogP contribution < -0.4 is 25.4 Å². The lowest BCUT2D eigenvalue weighted by Crippen LogP contribution is -2.33. The summed E-state index contributed by atoms with van der Waals surface area (Å²) in [6.07, 6.45) is 1.14. The maximum atomic E-state index is 12.2. The van der Waals surface area contributed by atoms with Gasteiger partial charge in [-0.2, -0.15) is 0 Å². The molecule has 1 aliphatic heterocycles. The minimum Gasteiger partial charge on any atom is -0.490 e. The van der Waals surface area contributed by atoms with E-state index in [-0.39, 0.29) is 36.3 Å².